The molecule has 4 rings (SSSR count). The van der Waals surface area contributed by atoms with E-state index in [4.69, 9.17) is 14.7 Å². The van der Waals surface area contributed by atoms with E-state index >= 15 is 0 Å². The maximum atomic E-state index is 11.0. The van der Waals surface area contributed by atoms with E-state index in [1.807, 2.05) is 84.9 Å². The van der Waals surface area contributed by atoms with Gasteiger partial charge in [-0.05, 0) is 77.7 Å². The second-order valence-corrected chi connectivity index (χ2v) is 7.94. The van der Waals surface area contributed by atoms with Crippen LogP contribution in [-0.2, 0) is 9.53 Å². The molecule has 0 aliphatic carbocycles. The first-order chi connectivity index (χ1) is 18.6. The van der Waals surface area contributed by atoms with Gasteiger partial charge in [-0.15, -0.1) is 0 Å². The van der Waals surface area contributed by atoms with Crippen LogP contribution in [0.25, 0.3) is 11.1 Å². The largest absolute Gasteiger partial charge is 0.490 e. The first-order valence-electron chi connectivity index (χ1n) is 11.8. The van der Waals surface area contributed by atoms with Crippen molar-refractivity contribution in [2.75, 3.05) is 13.2 Å². The highest BCUT2D eigenvalue weighted by atomic mass is 16.6. The van der Waals surface area contributed by atoms with Gasteiger partial charge < -0.3 is 9.47 Å². The van der Waals surface area contributed by atoms with E-state index < -0.39 is 5.97 Å². The van der Waals surface area contributed by atoms with Gasteiger partial charge in [-0.3, -0.25) is 0 Å². The Balaban J connectivity index is 1.31. The maximum Gasteiger partial charge on any atom is 0.330 e. The van der Waals surface area contributed by atoms with E-state index in [1.165, 1.54) is 0 Å². The first kappa shape index (κ1) is 25.5. The molecule has 0 fully saturated rings. The Labute approximate surface area is 222 Å². The van der Waals surface area contributed by atoms with Crippen LogP contribution in [0.1, 0.15) is 27.9 Å². The van der Waals surface area contributed by atoms with Crippen molar-refractivity contribution >= 4 is 5.97 Å². The second-order valence-electron chi connectivity index (χ2n) is 7.94. The average molecular weight is 495 g/mol. The Hall–Kier alpha value is -5.57. The van der Waals surface area contributed by atoms with Gasteiger partial charge in [0.15, 0.2) is 0 Å². The molecule has 0 bridgehead atoms. The van der Waals surface area contributed by atoms with Gasteiger partial charge in [-0.25, -0.2) is 9.78 Å². The van der Waals surface area contributed by atoms with Gasteiger partial charge >= 0.3 is 5.97 Å². The number of rotatable bonds is 6. The lowest BCUT2D eigenvalue weighted by Gasteiger charge is -2.06. The highest BCUT2D eigenvalue weighted by Gasteiger charge is 1.99. The second kappa shape index (κ2) is 12.9. The molecular formula is C33H22N2O3. The van der Waals surface area contributed by atoms with Gasteiger partial charge in [0.05, 0.1) is 11.6 Å². The minimum Gasteiger partial charge on any atom is -0.490 e. The molecular weight excluding hydrogens is 472 g/mol. The quantitative estimate of drug-likeness (QED) is 0.153. The third-order valence-electron chi connectivity index (χ3n) is 5.30. The number of hydrogen-bond acceptors (Lipinski definition) is 5. The van der Waals surface area contributed by atoms with Crippen molar-refractivity contribution in [3.8, 4) is 46.6 Å². The molecule has 0 radical (unpaired) electrons. The van der Waals surface area contributed by atoms with Gasteiger partial charge in [-0.1, -0.05) is 48.6 Å². The molecule has 5 nitrogen and oxygen atoms in total. The highest BCUT2D eigenvalue weighted by molar-refractivity contribution is 5.81. The minimum absolute atomic E-state index is 0.159. The lowest BCUT2D eigenvalue weighted by Crippen LogP contribution is -2.10. The molecule has 0 atom stereocenters. The SMILES string of the molecule is C=CC(=O)OCCOc1ccc(C#Cc2ccc(C#Cc3ccc(-c4ccc(C#N)cc4)cc3)nc2)cc1. The van der Waals surface area contributed by atoms with Crippen LogP contribution in [0.3, 0.4) is 0 Å². The molecule has 0 spiro atoms. The molecule has 0 unspecified atom stereocenters. The number of carbonyl (C=O) groups is 1. The summed E-state index contributed by atoms with van der Waals surface area (Å²) in [6, 6.07) is 28.7. The van der Waals surface area contributed by atoms with Crippen molar-refractivity contribution < 1.29 is 14.3 Å². The van der Waals surface area contributed by atoms with E-state index in [0.717, 1.165) is 33.9 Å². The van der Waals surface area contributed by atoms with E-state index in [1.54, 1.807) is 6.20 Å². The zero-order valence-corrected chi connectivity index (χ0v) is 20.5. The number of esters is 1. The minimum atomic E-state index is -0.472. The molecule has 182 valence electrons. The number of pyridine rings is 1. The summed E-state index contributed by atoms with van der Waals surface area (Å²) in [4.78, 5) is 15.4. The fraction of sp³-hybridized carbons (Fsp3) is 0.0606. The number of benzene rings is 3. The van der Waals surface area contributed by atoms with Gasteiger partial charge in [0.2, 0.25) is 0 Å². The summed E-state index contributed by atoms with van der Waals surface area (Å²) in [5.74, 6) is 12.6. The van der Waals surface area contributed by atoms with Crippen LogP contribution in [0.2, 0.25) is 0 Å². The predicted molar refractivity (Wildman–Crippen MR) is 146 cm³/mol. The van der Waals surface area contributed by atoms with Gasteiger partial charge in [0.1, 0.15) is 24.7 Å². The molecule has 0 saturated carbocycles. The van der Waals surface area contributed by atoms with E-state index in [9.17, 15) is 4.79 Å². The molecule has 0 amide bonds. The number of carbonyl (C=O) groups excluding carboxylic acids is 1. The summed E-state index contributed by atoms with van der Waals surface area (Å²) in [5, 5.41) is 8.94. The molecule has 0 N–H and O–H groups in total. The number of hydrogen-bond donors (Lipinski definition) is 0. The van der Waals surface area contributed by atoms with Crippen molar-refractivity contribution in [1.29, 1.82) is 5.26 Å². The van der Waals surface area contributed by atoms with Crippen LogP contribution in [-0.4, -0.2) is 24.2 Å². The molecule has 0 aliphatic rings. The van der Waals surface area contributed by atoms with Crippen molar-refractivity contribution in [3.63, 3.8) is 0 Å². The maximum absolute atomic E-state index is 11.0. The molecule has 5 heteroatoms. The number of nitrogens with zero attached hydrogens (tertiary/aromatic N) is 2. The Kier molecular flexibility index (Phi) is 8.69. The average Bonchev–Trinajstić information content (AvgIpc) is 2.98. The summed E-state index contributed by atoms with van der Waals surface area (Å²) < 4.78 is 10.4. The molecule has 0 aliphatic heterocycles. The first-order valence-corrected chi connectivity index (χ1v) is 11.8. The lowest BCUT2D eigenvalue weighted by molar-refractivity contribution is -0.138. The van der Waals surface area contributed by atoms with Crippen molar-refractivity contribution in [1.82, 2.24) is 4.98 Å². The van der Waals surface area contributed by atoms with E-state index in [0.29, 0.717) is 17.0 Å². The fourth-order valence-corrected chi connectivity index (χ4v) is 3.30. The number of ether oxygens (including phenoxy) is 2. The van der Waals surface area contributed by atoms with Gasteiger partial charge in [0, 0.05) is 29.0 Å². The van der Waals surface area contributed by atoms with Crippen molar-refractivity contribution in [2.24, 2.45) is 0 Å². The smallest absolute Gasteiger partial charge is 0.330 e. The third kappa shape index (κ3) is 7.46. The van der Waals surface area contributed by atoms with Crippen LogP contribution in [0.5, 0.6) is 5.75 Å². The number of nitriles is 1. The topological polar surface area (TPSA) is 72.2 Å². The van der Waals surface area contributed by atoms with Crippen molar-refractivity contribution in [3.05, 3.63) is 132 Å². The number of aromatic nitrogens is 1. The van der Waals surface area contributed by atoms with Crippen molar-refractivity contribution in [2.45, 2.75) is 0 Å². The Bertz CT molecular complexity index is 1570. The monoisotopic (exact) mass is 494 g/mol. The standard InChI is InChI=1S/C33H22N2O3/c1-2-33(36)38-22-21-37-32-19-11-25(12-20-32)3-4-28-10-18-31(35-24-28)17-9-26-5-13-29(14-6-26)30-15-7-27(23-34)8-16-30/h2,5-8,10-16,18-20,24H,1,21-22H2. The highest BCUT2D eigenvalue weighted by Crippen LogP contribution is 2.20. The predicted octanol–water partition coefficient (Wildman–Crippen LogP) is 5.53. The lowest BCUT2D eigenvalue weighted by atomic mass is 10.0. The van der Waals surface area contributed by atoms with E-state index in [2.05, 4.69) is 41.3 Å². The molecule has 0 saturated heterocycles. The molecule has 3 aromatic carbocycles. The summed E-state index contributed by atoms with van der Waals surface area (Å²) >= 11 is 0. The van der Waals surface area contributed by atoms with Crippen LogP contribution in [0.4, 0.5) is 0 Å². The Morgan fingerprint density at radius 2 is 1.29 bits per heavy atom. The Morgan fingerprint density at radius 3 is 1.87 bits per heavy atom. The van der Waals surface area contributed by atoms with Crippen LogP contribution in [0.15, 0.2) is 104 Å². The third-order valence-corrected chi connectivity index (χ3v) is 5.30. The van der Waals surface area contributed by atoms with Gasteiger partial charge in [0.25, 0.3) is 0 Å². The van der Waals surface area contributed by atoms with E-state index in [-0.39, 0.29) is 13.2 Å². The molecule has 1 heterocycles. The molecule has 38 heavy (non-hydrogen) atoms. The zero-order valence-electron chi connectivity index (χ0n) is 20.5. The normalized spacial score (nSPS) is 9.55. The summed E-state index contributed by atoms with van der Waals surface area (Å²) in [7, 11) is 0. The summed E-state index contributed by atoms with van der Waals surface area (Å²) in [6.07, 6.45) is 2.82. The fourth-order valence-electron chi connectivity index (χ4n) is 3.30. The van der Waals surface area contributed by atoms with Gasteiger partial charge in [-0.2, -0.15) is 5.26 Å². The summed E-state index contributed by atoms with van der Waals surface area (Å²) in [5.41, 5.74) is 5.92. The molecule has 4 aromatic rings. The van der Waals surface area contributed by atoms with Crippen LogP contribution in [0, 0.1) is 35.0 Å². The zero-order chi connectivity index (χ0) is 26.6. The van der Waals surface area contributed by atoms with Crippen LogP contribution >= 0.6 is 0 Å². The Morgan fingerprint density at radius 1 is 0.737 bits per heavy atom. The molecule has 1 aromatic heterocycles. The van der Waals surface area contributed by atoms with Crippen LogP contribution < -0.4 is 4.74 Å². The summed E-state index contributed by atoms with van der Waals surface area (Å²) in [6.45, 7) is 3.76.